The van der Waals surface area contributed by atoms with E-state index < -0.39 is 11.6 Å². The number of fused-ring (bicyclic) bond motifs is 1. The highest BCUT2D eigenvalue weighted by atomic mass is 32.1. The maximum atomic E-state index is 13.1. The summed E-state index contributed by atoms with van der Waals surface area (Å²) in [5, 5.41) is 0.252. The van der Waals surface area contributed by atoms with E-state index in [0.29, 0.717) is 15.8 Å². The highest BCUT2D eigenvalue weighted by Gasteiger charge is 2.12. The number of halogens is 2. The number of aromatic nitrogens is 1. The summed E-state index contributed by atoms with van der Waals surface area (Å²) in [7, 11) is 0. The zero-order valence-electron chi connectivity index (χ0n) is 6.77. The van der Waals surface area contributed by atoms with Crippen LogP contribution in [-0.4, -0.2) is 4.98 Å². The van der Waals surface area contributed by atoms with Gasteiger partial charge in [0.05, 0.1) is 10.2 Å². The lowest BCUT2D eigenvalue weighted by molar-refractivity contribution is 0.587. The molecule has 1 aromatic heterocycles. The summed E-state index contributed by atoms with van der Waals surface area (Å²) in [6.45, 7) is 1.55. The molecule has 2 aromatic rings. The molecule has 0 aliphatic heterocycles. The van der Waals surface area contributed by atoms with Crippen molar-refractivity contribution in [3.8, 4) is 0 Å². The fraction of sp³-hybridized carbons (Fsp3) is 0.125. The highest BCUT2D eigenvalue weighted by molar-refractivity contribution is 7.22. The molecule has 0 fully saturated rings. The molecule has 0 saturated carbocycles. The smallest absolute Gasteiger partial charge is 0.181 e. The third-order valence-electron chi connectivity index (χ3n) is 1.83. The Morgan fingerprint density at radius 3 is 2.77 bits per heavy atom. The van der Waals surface area contributed by atoms with Crippen LogP contribution in [0.4, 0.5) is 13.9 Å². The molecule has 1 aromatic carbocycles. The molecule has 2 N–H and O–H groups in total. The van der Waals surface area contributed by atoms with E-state index in [2.05, 4.69) is 4.98 Å². The lowest BCUT2D eigenvalue weighted by atomic mass is 10.2. The van der Waals surface area contributed by atoms with Crippen molar-refractivity contribution < 1.29 is 8.78 Å². The number of benzene rings is 1. The fourth-order valence-electron chi connectivity index (χ4n) is 1.15. The van der Waals surface area contributed by atoms with Gasteiger partial charge in [-0.25, -0.2) is 13.8 Å². The second-order valence-corrected chi connectivity index (χ2v) is 3.73. The number of nitrogens with two attached hydrogens (primary N) is 1. The zero-order valence-corrected chi connectivity index (χ0v) is 7.58. The molecular weight excluding hydrogens is 194 g/mol. The van der Waals surface area contributed by atoms with Crippen LogP contribution in [0.2, 0.25) is 0 Å². The van der Waals surface area contributed by atoms with Gasteiger partial charge in [-0.05, 0) is 6.92 Å². The van der Waals surface area contributed by atoms with Crippen molar-refractivity contribution in [1.29, 1.82) is 0 Å². The van der Waals surface area contributed by atoms with Gasteiger partial charge in [0, 0.05) is 11.6 Å². The number of hydrogen-bond acceptors (Lipinski definition) is 3. The minimum absolute atomic E-state index is 0.252. The van der Waals surface area contributed by atoms with Crippen molar-refractivity contribution in [2.75, 3.05) is 5.73 Å². The molecule has 0 aliphatic rings. The molecule has 1 heterocycles. The van der Waals surface area contributed by atoms with Crippen LogP contribution in [-0.2, 0) is 0 Å². The Kier molecular flexibility index (Phi) is 1.69. The number of anilines is 1. The van der Waals surface area contributed by atoms with E-state index >= 15 is 0 Å². The summed E-state index contributed by atoms with van der Waals surface area (Å²) >= 11 is 1.03. The van der Waals surface area contributed by atoms with Crippen LogP contribution in [0.3, 0.4) is 0 Å². The zero-order chi connectivity index (χ0) is 9.59. The Hall–Kier alpha value is -1.23. The van der Waals surface area contributed by atoms with Gasteiger partial charge in [-0.2, -0.15) is 0 Å². The summed E-state index contributed by atoms with van der Waals surface area (Å²) in [5.41, 5.74) is 6.05. The Bertz CT molecular complexity index is 478. The number of rotatable bonds is 0. The normalized spacial score (nSPS) is 11.0. The van der Waals surface area contributed by atoms with E-state index in [1.807, 2.05) is 0 Å². The molecule has 0 saturated heterocycles. The standard InChI is InChI=1S/C8H6F2N2S/c1-3-4(9)2-5(10)7-6(3)12-8(11)13-7/h2H,1H3,(H2,11,12). The monoisotopic (exact) mass is 200 g/mol. The quantitative estimate of drug-likeness (QED) is 0.709. The summed E-state index contributed by atoms with van der Waals surface area (Å²) < 4.78 is 26.4. The van der Waals surface area contributed by atoms with Crippen molar-refractivity contribution in [3.05, 3.63) is 23.3 Å². The first-order valence-electron chi connectivity index (χ1n) is 3.60. The van der Waals surface area contributed by atoms with E-state index in [0.717, 1.165) is 17.4 Å². The lowest BCUT2D eigenvalue weighted by Crippen LogP contribution is -1.87. The van der Waals surface area contributed by atoms with Gasteiger partial charge in [0.15, 0.2) is 5.13 Å². The van der Waals surface area contributed by atoms with Crippen LogP contribution < -0.4 is 5.73 Å². The van der Waals surface area contributed by atoms with E-state index in [1.165, 1.54) is 0 Å². The lowest BCUT2D eigenvalue weighted by Gasteiger charge is -1.97. The average Bonchev–Trinajstić information content (AvgIpc) is 2.44. The fourth-order valence-corrected chi connectivity index (χ4v) is 1.95. The predicted molar refractivity (Wildman–Crippen MR) is 48.7 cm³/mol. The minimum Gasteiger partial charge on any atom is -0.375 e. The number of hydrogen-bond donors (Lipinski definition) is 1. The van der Waals surface area contributed by atoms with Crippen LogP contribution >= 0.6 is 11.3 Å². The van der Waals surface area contributed by atoms with E-state index in [4.69, 9.17) is 5.73 Å². The highest BCUT2D eigenvalue weighted by Crippen LogP contribution is 2.30. The third kappa shape index (κ3) is 1.16. The van der Waals surface area contributed by atoms with E-state index in [9.17, 15) is 8.78 Å². The van der Waals surface area contributed by atoms with Crippen molar-refractivity contribution in [2.45, 2.75) is 6.92 Å². The number of nitrogens with zero attached hydrogens (tertiary/aromatic N) is 1. The summed E-state index contributed by atoms with van der Waals surface area (Å²) in [6.07, 6.45) is 0. The van der Waals surface area contributed by atoms with Gasteiger partial charge in [-0.1, -0.05) is 11.3 Å². The molecule has 0 spiro atoms. The first-order chi connectivity index (χ1) is 6.09. The molecular formula is C8H6F2N2S. The molecule has 13 heavy (non-hydrogen) atoms. The van der Waals surface area contributed by atoms with Crippen LogP contribution in [0.25, 0.3) is 10.2 Å². The number of aryl methyl sites for hydroxylation is 1. The molecule has 0 bridgehead atoms. The second kappa shape index (κ2) is 2.63. The van der Waals surface area contributed by atoms with Crippen molar-refractivity contribution in [1.82, 2.24) is 4.98 Å². The molecule has 0 unspecified atom stereocenters. The van der Waals surface area contributed by atoms with Gasteiger partial charge in [0.25, 0.3) is 0 Å². The first kappa shape index (κ1) is 8.37. The van der Waals surface area contributed by atoms with E-state index in [-0.39, 0.29) is 5.13 Å². The third-order valence-corrected chi connectivity index (χ3v) is 2.72. The summed E-state index contributed by atoms with van der Waals surface area (Å²) in [4.78, 5) is 3.85. The Balaban J connectivity index is 2.95. The molecule has 68 valence electrons. The maximum absolute atomic E-state index is 13.1. The topological polar surface area (TPSA) is 38.9 Å². The van der Waals surface area contributed by atoms with Gasteiger partial charge >= 0.3 is 0 Å². The summed E-state index contributed by atoms with van der Waals surface area (Å²) in [6, 6.07) is 0.856. The number of nitrogen functional groups attached to an aromatic ring is 1. The van der Waals surface area contributed by atoms with Crippen LogP contribution in [0, 0.1) is 18.6 Å². The largest absolute Gasteiger partial charge is 0.375 e. The number of thiazole rings is 1. The predicted octanol–water partition coefficient (Wildman–Crippen LogP) is 2.47. The van der Waals surface area contributed by atoms with Crippen LogP contribution in [0.1, 0.15) is 5.56 Å². The van der Waals surface area contributed by atoms with Crippen molar-refractivity contribution in [2.24, 2.45) is 0 Å². The second-order valence-electron chi connectivity index (χ2n) is 2.70. The van der Waals surface area contributed by atoms with E-state index in [1.54, 1.807) is 6.92 Å². The minimum atomic E-state index is -0.604. The molecule has 0 atom stereocenters. The van der Waals surface area contributed by atoms with Crippen LogP contribution in [0.5, 0.6) is 0 Å². The van der Waals surface area contributed by atoms with Crippen molar-refractivity contribution in [3.63, 3.8) is 0 Å². The summed E-state index contributed by atoms with van der Waals surface area (Å²) in [5.74, 6) is -1.19. The first-order valence-corrected chi connectivity index (χ1v) is 4.42. The molecule has 2 nitrogen and oxygen atoms in total. The molecule has 0 aliphatic carbocycles. The van der Waals surface area contributed by atoms with Gasteiger partial charge in [0.1, 0.15) is 11.6 Å². The van der Waals surface area contributed by atoms with Crippen molar-refractivity contribution >= 4 is 26.7 Å². The maximum Gasteiger partial charge on any atom is 0.181 e. The van der Waals surface area contributed by atoms with Gasteiger partial charge in [0.2, 0.25) is 0 Å². The average molecular weight is 200 g/mol. The van der Waals surface area contributed by atoms with Gasteiger partial charge in [-0.15, -0.1) is 0 Å². The van der Waals surface area contributed by atoms with Crippen LogP contribution in [0.15, 0.2) is 6.07 Å². The Morgan fingerprint density at radius 1 is 1.38 bits per heavy atom. The van der Waals surface area contributed by atoms with Gasteiger partial charge < -0.3 is 5.73 Å². The molecule has 5 heteroatoms. The molecule has 2 rings (SSSR count). The van der Waals surface area contributed by atoms with Gasteiger partial charge in [-0.3, -0.25) is 0 Å². The Labute approximate surface area is 77.0 Å². The molecule has 0 amide bonds. The molecule has 0 radical (unpaired) electrons. The SMILES string of the molecule is Cc1c(F)cc(F)c2sc(N)nc12. The Morgan fingerprint density at radius 2 is 2.08 bits per heavy atom.